The Bertz CT molecular complexity index is 1400. The smallest absolute Gasteiger partial charge is 0.317 e. The molecule has 0 fully saturated rings. The number of H-pyrrole nitrogens is 2. The highest BCUT2D eigenvalue weighted by Crippen LogP contribution is 2.31. The molecular formula is C20H16ClN3O5. The number of nitrogens with zero attached hydrogens (tertiary/aromatic N) is 1. The lowest BCUT2D eigenvalue weighted by Gasteiger charge is -2.28. The molecule has 0 radical (unpaired) electrons. The van der Waals surface area contributed by atoms with Gasteiger partial charge in [-0.3, -0.25) is 24.3 Å². The second kappa shape index (κ2) is 6.89. The molecule has 1 unspecified atom stereocenters. The number of ether oxygens (including phenoxy) is 1. The van der Waals surface area contributed by atoms with Crippen molar-refractivity contribution in [2.24, 2.45) is 5.41 Å². The maximum absolute atomic E-state index is 13.1. The van der Waals surface area contributed by atoms with E-state index in [1.54, 1.807) is 24.3 Å². The molecular weight excluding hydrogens is 398 g/mol. The third kappa shape index (κ3) is 3.01. The van der Waals surface area contributed by atoms with E-state index in [2.05, 4.69) is 10.1 Å². The van der Waals surface area contributed by atoms with Gasteiger partial charge in [-0.1, -0.05) is 35.9 Å². The lowest BCUT2D eigenvalue weighted by atomic mass is 9.81. The number of fused-ring (bicyclic) bond motifs is 2. The first-order valence-electron chi connectivity index (χ1n) is 8.77. The molecule has 9 heteroatoms. The Kier molecular flexibility index (Phi) is 4.50. The second-order valence-electron chi connectivity index (χ2n) is 6.87. The van der Waals surface area contributed by atoms with E-state index in [1.807, 2.05) is 0 Å². The van der Waals surface area contributed by atoms with Crippen LogP contribution in [-0.2, 0) is 16.1 Å². The van der Waals surface area contributed by atoms with Crippen LogP contribution >= 0.6 is 11.6 Å². The van der Waals surface area contributed by atoms with Crippen molar-refractivity contribution in [3.05, 3.63) is 78.5 Å². The molecule has 2 aromatic heterocycles. The van der Waals surface area contributed by atoms with E-state index in [0.717, 1.165) is 4.68 Å². The predicted octanol–water partition coefficient (Wildman–Crippen LogP) is 1.86. The molecule has 1 aliphatic rings. The van der Waals surface area contributed by atoms with E-state index >= 15 is 0 Å². The Balaban J connectivity index is 1.98. The van der Waals surface area contributed by atoms with Crippen LogP contribution in [0.1, 0.15) is 6.42 Å². The summed E-state index contributed by atoms with van der Waals surface area (Å²) < 4.78 is 5.89. The van der Waals surface area contributed by atoms with Crippen molar-refractivity contribution in [2.45, 2.75) is 13.0 Å². The summed E-state index contributed by atoms with van der Waals surface area (Å²) in [5, 5.41) is 2.80. The van der Waals surface area contributed by atoms with E-state index in [-0.39, 0.29) is 29.3 Å². The summed E-state index contributed by atoms with van der Waals surface area (Å²) in [6.07, 6.45) is 7.13. The lowest BCUT2D eigenvalue weighted by molar-refractivity contribution is -0.150. The summed E-state index contributed by atoms with van der Waals surface area (Å²) in [5.74, 6) is -0.548. The van der Waals surface area contributed by atoms with Gasteiger partial charge in [-0.2, -0.15) is 0 Å². The first kappa shape index (κ1) is 18.9. The number of aromatic nitrogens is 3. The maximum atomic E-state index is 13.1. The number of nitrogens with one attached hydrogen (secondary N) is 2. The maximum Gasteiger partial charge on any atom is 0.317 e. The highest BCUT2D eigenvalue weighted by molar-refractivity contribution is 6.31. The molecule has 0 spiro atoms. The Hall–Kier alpha value is -3.39. The van der Waals surface area contributed by atoms with Gasteiger partial charge < -0.3 is 9.72 Å². The minimum Gasteiger partial charge on any atom is -0.468 e. The van der Waals surface area contributed by atoms with E-state index in [0.29, 0.717) is 10.5 Å². The third-order valence-electron chi connectivity index (χ3n) is 5.06. The normalized spacial score (nSPS) is 18.4. The second-order valence-corrected chi connectivity index (χ2v) is 7.30. The van der Waals surface area contributed by atoms with Gasteiger partial charge in [0.25, 0.3) is 11.1 Å². The van der Waals surface area contributed by atoms with Crippen LogP contribution in [-0.4, -0.2) is 27.8 Å². The van der Waals surface area contributed by atoms with Gasteiger partial charge in [0, 0.05) is 10.4 Å². The number of rotatable bonds is 3. The van der Waals surface area contributed by atoms with E-state index in [9.17, 15) is 19.2 Å². The molecule has 4 rings (SSSR count). The Morgan fingerprint density at radius 3 is 2.76 bits per heavy atom. The first-order chi connectivity index (χ1) is 13.9. The molecule has 1 aliphatic carbocycles. The van der Waals surface area contributed by atoms with Gasteiger partial charge in [0.1, 0.15) is 16.3 Å². The summed E-state index contributed by atoms with van der Waals surface area (Å²) in [7, 11) is 1.25. The van der Waals surface area contributed by atoms with Crippen LogP contribution in [0.15, 0.2) is 56.9 Å². The number of esters is 1. The average Bonchev–Trinajstić information content (AvgIpc) is 2.71. The Morgan fingerprint density at radius 1 is 1.28 bits per heavy atom. The van der Waals surface area contributed by atoms with Crippen LogP contribution in [0.3, 0.4) is 0 Å². The molecule has 8 nitrogen and oxygen atoms in total. The predicted molar refractivity (Wildman–Crippen MR) is 109 cm³/mol. The monoisotopic (exact) mass is 413 g/mol. The molecule has 29 heavy (non-hydrogen) atoms. The number of pyridine rings is 1. The van der Waals surface area contributed by atoms with Crippen LogP contribution in [0.2, 0.25) is 5.02 Å². The van der Waals surface area contributed by atoms with Crippen molar-refractivity contribution in [1.29, 1.82) is 0 Å². The third-order valence-corrected chi connectivity index (χ3v) is 5.30. The van der Waals surface area contributed by atoms with Crippen LogP contribution in [0.4, 0.5) is 0 Å². The number of methoxy groups -OCH3 is 1. The minimum absolute atomic E-state index is 0.141. The number of benzene rings is 1. The van der Waals surface area contributed by atoms with Gasteiger partial charge in [0.2, 0.25) is 5.43 Å². The van der Waals surface area contributed by atoms with Crippen molar-refractivity contribution < 1.29 is 9.53 Å². The van der Waals surface area contributed by atoms with Gasteiger partial charge >= 0.3 is 5.97 Å². The highest BCUT2D eigenvalue weighted by Gasteiger charge is 2.38. The lowest BCUT2D eigenvalue weighted by Crippen LogP contribution is -2.42. The summed E-state index contributed by atoms with van der Waals surface area (Å²) >= 11 is 5.96. The summed E-state index contributed by atoms with van der Waals surface area (Å²) in [4.78, 5) is 53.9. The van der Waals surface area contributed by atoms with Crippen molar-refractivity contribution in [3.8, 4) is 0 Å². The number of carbonyl (C=O) groups is 1. The van der Waals surface area contributed by atoms with Gasteiger partial charge in [-0.15, -0.1) is 0 Å². The fourth-order valence-electron chi connectivity index (χ4n) is 3.60. The zero-order valence-corrected chi connectivity index (χ0v) is 16.1. The number of hydrogen-bond acceptors (Lipinski definition) is 5. The molecule has 2 heterocycles. The number of allylic oxidation sites excluding steroid dienone is 3. The zero-order chi connectivity index (χ0) is 20.8. The largest absolute Gasteiger partial charge is 0.468 e. The zero-order valence-electron chi connectivity index (χ0n) is 15.3. The summed E-state index contributed by atoms with van der Waals surface area (Å²) in [6, 6.07) is 4.53. The molecule has 1 aromatic carbocycles. The van der Waals surface area contributed by atoms with Crippen molar-refractivity contribution >= 4 is 39.4 Å². The topological polar surface area (TPSA) is 114 Å². The molecule has 1 atom stereocenters. The van der Waals surface area contributed by atoms with Gasteiger partial charge in [0.15, 0.2) is 0 Å². The standard InChI is InChI=1S/C20H16ClN3O5/c1-29-19(28)20(7-3-2-4-8-20)10-24-18(27)14-15(17(26)23-24)22-13-9-11(21)5-6-12(13)16(14)25/h2-7,9H,8,10H2,1H3,(H,22,25)(H,23,26). The van der Waals surface area contributed by atoms with Gasteiger partial charge in [-0.25, -0.2) is 4.68 Å². The van der Waals surface area contributed by atoms with Gasteiger partial charge in [0.05, 0.1) is 19.2 Å². The number of aromatic amines is 2. The number of hydrogen-bond donors (Lipinski definition) is 2. The molecule has 148 valence electrons. The van der Waals surface area contributed by atoms with Crippen LogP contribution < -0.4 is 16.5 Å². The Labute approximate surface area is 168 Å². The highest BCUT2D eigenvalue weighted by atomic mass is 35.5. The van der Waals surface area contributed by atoms with Crippen LogP contribution in [0, 0.1) is 5.41 Å². The van der Waals surface area contributed by atoms with Crippen molar-refractivity contribution in [3.63, 3.8) is 0 Å². The first-order valence-corrected chi connectivity index (χ1v) is 9.15. The molecule has 2 N–H and O–H groups in total. The molecule has 0 saturated heterocycles. The summed E-state index contributed by atoms with van der Waals surface area (Å²) in [6.45, 7) is -0.178. The van der Waals surface area contributed by atoms with Crippen LogP contribution in [0.25, 0.3) is 21.8 Å². The fourth-order valence-corrected chi connectivity index (χ4v) is 3.77. The Morgan fingerprint density at radius 2 is 2.07 bits per heavy atom. The molecule has 0 amide bonds. The fraction of sp³-hybridized carbons (Fsp3) is 0.200. The molecule has 3 aromatic rings. The minimum atomic E-state index is -1.17. The van der Waals surface area contributed by atoms with E-state index in [4.69, 9.17) is 16.3 Å². The molecule has 0 aliphatic heterocycles. The molecule has 0 saturated carbocycles. The van der Waals surface area contributed by atoms with Gasteiger partial charge in [-0.05, 0) is 24.6 Å². The van der Waals surface area contributed by atoms with E-state index in [1.165, 1.54) is 25.3 Å². The van der Waals surface area contributed by atoms with Crippen molar-refractivity contribution in [2.75, 3.05) is 7.11 Å². The quantitative estimate of drug-likeness (QED) is 0.502. The SMILES string of the molecule is COC(=O)C1(Cn2[nH]c(=O)c3[nH]c4cc(Cl)ccc4c(=O)c3c2=O)C=CC=CC1. The van der Waals surface area contributed by atoms with Crippen molar-refractivity contribution in [1.82, 2.24) is 14.8 Å². The summed E-state index contributed by atoms with van der Waals surface area (Å²) in [5.41, 5.74) is -2.90. The average molecular weight is 414 g/mol. The number of halogens is 1. The molecule has 0 bridgehead atoms. The van der Waals surface area contributed by atoms with Crippen LogP contribution in [0.5, 0.6) is 0 Å². The van der Waals surface area contributed by atoms with E-state index < -0.39 is 27.9 Å². The number of carbonyl (C=O) groups excluding carboxylic acids is 1.